The first-order chi connectivity index (χ1) is 22.7. The lowest BCUT2D eigenvalue weighted by Crippen LogP contribution is -2.58. The van der Waals surface area contributed by atoms with Gasteiger partial charge < -0.3 is 9.26 Å². The van der Waals surface area contributed by atoms with E-state index in [0.29, 0.717) is 25.1 Å². The van der Waals surface area contributed by atoms with Crippen LogP contribution in [0.2, 0.25) is 0 Å². The van der Waals surface area contributed by atoms with Gasteiger partial charge in [0, 0.05) is 37.8 Å². The summed E-state index contributed by atoms with van der Waals surface area (Å²) in [6.45, 7) is -1.11. The Kier molecular flexibility index (Phi) is 11.4. The maximum Gasteiger partial charge on any atom is 0.362 e. The van der Waals surface area contributed by atoms with E-state index in [-0.39, 0.29) is 13.2 Å². The monoisotopic (exact) mass is 674 g/mol. The fraction of sp³-hybridized carbons (Fsp3) is 0.333. The number of aryl methyl sites for hydroxylation is 1. The first kappa shape index (κ1) is 34.6. The van der Waals surface area contributed by atoms with Gasteiger partial charge in [0.1, 0.15) is 0 Å². The summed E-state index contributed by atoms with van der Waals surface area (Å²) in [6, 6.07) is 30.5. The molecule has 4 aromatic rings. The number of morpholine rings is 1. The highest BCUT2D eigenvalue weighted by Gasteiger charge is 2.47. The molecule has 2 heterocycles. The number of ether oxygens (including phenoxy) is 1. The van der Waals surface area contributed by atoms with Gasteiger partial charge in [-0.3, -0.25) is 23.8 Å². The number of rotatable bonds is 13. The van der Waals surface area contributed by atoms with Gasteiger partial charge in [0.25, 0.3) is 5.56 Å². The molecule has 0 bridgehead atoms. The highest BCUT2D eigenvalue weighted by atomic mass is 35.7. The van der Waals surface area contributed by atoms with E-state index in [9.17, 15) is 14.2 Å². The lowest BCUT2D eigenvalue weighted by molar-refractivity contribution is -0.148. The van der Waals surface area contributed by atoms with E-state index in [0.717, 1.165) is 29.5 Å². The summed E-state index contributed by atoms with van der Waals surface area (Å²) in [4.78, 5) is 30.2. The highest BCUT2D eigenvalue weighted by molar-refractivity contribution is 7.83. The molecule has 1 N–H and O–H groups in total. The summed E-state index contributed by atoms with van der Waals surface area (Å²) in [5.74, 6) is 2.61. The molecule has 0 radical (unpaired) electrons. The quantitative estimate of drug-likeness (QED) is 0.0788. The van der Waals surface area contributed by atoms with E-state index in [1.165, 1.54) is 15.4 Å². The van der Waals surface area contributed by atoms with Crippen LogP contribution in [0.25, 0.3) is 0 Å². The van der Waals surface area contributed by atoms with Crippen molar-refractivity contribution in [1.82, 2.24) is 19.1 Å². The van der Waals surface area contributed by atoms with Gasteiger partial charge in [0.15, 0.2) is 6.23 Å². The standard InChI is InChI=1S/C36H40ClN4O5P/c1-4-5-6-16-23-39(3)47(37,44)45-27-32-25-40(26-33(46-32)41-24-28(2)34(42)38-35(41)43)36(29-17-10-7-11-18-29,30-19-12-8-13-20-30)31-21-14-9-15-22-31/h1,7-15,17-22,24,32-33H,5-6,16,23,25-27H2,2-3H3,(H,38,42,43). The summed E-state index contributed by atoms with van der Waals surface area (Å²) >= 11 is 6.50. The Morgan fingerprint density at radius 2 is 1.53 bits per heavy atom. The molecular weight excluding hydrogens is 635 g/mol. The normalized spacial score (nSPS) is 18.4. The molecular formula is C36H40ClN4O5P. The van der Waals surface area contributed by atoms with E-state index in [4.69, 9.17) is 26.9 Å². The van der Waals surface area contributed by atoms with Crippen molar-refractivity contribution >= 4 is 18.1 Å². The molecule has 246 valence electrons. The Hall–Kier alpha value is -3.74. The van der Waals surface area contributed by atoms with Crippen molar-refractivity contribution in [2.75, 3.05) is 33.3 Å². The Bertz CT molecular complexity index is 1730. The molecule has 5 rings (SSSR count). The first-order valence-corrected chi connectivity index (χ1v) is 18.1. The molecule has 0 saturated carbocycles. The molecule has 9 nitrogen and oxygen atoms in total. The number of halogens is 1. The molecule has 0 spiro atoms. The minimum atomic E-state index is -3.71. The lowest BCUT2D eigenvalue weighted by atomic mass is 9.75. The Morgan fingerprint density at radius 3 is 2.06 bits per heavy atom. The Labute approximate surface area is 280 Å². The second kappa shape index (κ2) is 15.4. The molecule has 0 aliphatic carbocycles. The maximum atomic E-state index is 13.5. The van der Waals surface area contributed by atoms with Crippen LogP contribution in [-0.4, -0.2) is 58.5 Å². The van der Waals surface area contributed by atoms with Gasteiger partial charge in [0.05, 0.1) is 18.2 Å². The van der Waals surface area contributed by atoms with Crippen LogP contribution in [-0.2, 0) is 19.4 Å². The van der Waals surface area contributed by atoms with Gasteiger partial charge in [-0.1, -0.05) is 91.0 Å². The molecule has 3 atom stereocenters. The van der Waals surface area contributed by atoms with Gasteiger partial charge in [0.2, 0.25) is 0 Å². The number of nitrogens with zero attached hydrogens (tertiary/aromatic N) is 3. The third kappa shape index (κ3) is 7.71. The molecule has 1 aliphatic rings. The number of hydrogen-bond donors (Lipinski definition) is 1. The number of nitrogens with one attached hydrogen (secondary N) is 1. The van der Waals surface area contributed by atoms with Gasteiger partial charge in [-0.15, -0.1) is 12.3 Å². The number of unbranched alkanes of at least 4 members (excludes halogenated alkanes) is 2. The van der Waals surface area contributed by atoms with Gasteiger partial charge in [-0.05, 0) is 54.7 Å². The molecule has 1 aromatic heterocycles. The predicted octanol–water partition coefficient (Wildman–Crippen LogP) is 6.14. The number of aromatic amines is 1. The molecule has 11 heteroatoms. The maximum absolute atomic E-state index is 13.5. The third-order valence-electron chi connectivity index (χ3n) is 8.54. The average Bonchev–Trinajstić information content (AvgIpc) is 3.09. The van der Waals surface area contributed by atoms with Crippen LogP contribution >= 0.6 is 18.1 Å². The minimum Gasteiger partial charge on any atom is -0.350 e. The summed E-state index contributed by atoms with van der Waals surface area (Å²) < 4.78 is 28.9. The van der Waals surface area contributed by atoms with Crippen LogP contribution in [0.4, 0.5) is 0 Å². The third-order valence-corrected chi connectivity index (χ3v) is 11.1. The summed E-state index contributed by atoms with van der Waals surface area (Å²) in [5.41, 5.74) is 1.53. The van der Waals surface area contributed by atoms with Gasteiger partial charge in [-0.2, -0.15) is 0 Å². The molecule has 1 saturated heterocycles. The largest absolute Gasteiger partial charge is 0.362 e. The highest BCUT2D eigenvalue weighted by Crippen LogP contribution is 2.55. The lowest BCUT2D eigenvalue weighted by Gasteiger charge is -2.50. The number of benzene rings is 3. The Morgan fingerprint density at radius 1 is 0.979 bits per heavy atom. The fourth-order valence-corrected chi connectivity index (χ4v) is 7.51. The molecule has 1 aliphatic heterocycles. The number of H-pyrrole nitrogens is 1. The molecule has 3 aromatic carbocycles. The van der Waals surface area contributed by atoms with Gasteiger partial charge >= 0.3 is 12.6 Å². The fourth-order valence-electron chi connectivity index (χ4n) is 6.18. The van der Waals surface area contributed by atoms with E-state index in [1.54, 1.807) is 14.0 Å². The minimum absolute atomic E-state index is 0.103. The van der Waals surface area contributed by atoms with E-state index in [1.807, 2.05) is 54.6 Å². The smallest absolute Gasteiger partial charge is 0.350 e. The summed E-state index contributed by atoms with van der Waals surface area (Å²) in [6.07, 6.45) is 7.53. The van der Waals surface area contributed by atoms with Crippen molar-refractivity contribution in [3.8, 4) is 12.3 Å². The second-order valence-corrected chi connectivity index (χ2v) is 14.8. The van der Waals surface area contributed by atoms with Gasteiger partial charge in [-0.25, -0.2) is 9.46 Å². The average molecular weight is 675 g/mol. The first-order valence-electron chi connectivity index (χ1n) is 15.6. The molecule has 1 fully saturated rings. The summed E-state index contributed by atoms with van der Waals surface area (Å²) in [7, 11) is 1.66. The van der Waals surface area contributed by atoms with Crippen LogP contribution < -0.4 is 11.2 Å². The van der Waals surface area contributed by atoms with Crippen LogP contribution in [0.15, 0.2) is 107 Å². The Balaban J connectivity index is 1.59. The number of terminal acetylenes is 1. The van der Waals surface area contributed by atoms with Crippen LogP contribution in [0.3, 0.4) is 0 Å². The van der Waals surface area contributed by atoms with Crippen LogP contribution in [0, 0.1) is 19.3 Å². The topological polar surface area (TPSA) is 96.9 Å². The van der Waals surface area contributed by atoms with Crippen LogP contribution in [0.5, 0.6) is 0 Å². The van der Waals surface area contributed by atoms with Crippen LogP contribution in [0.1, 0.15) is 47.7 Å². The second-order valence-electron chi connectivity index (χ2n) is 11.7. The van der Waals surface area contributed by atoms with Crippen molar-refractivity contribution in [3.05, 3.63) is 140 Å². The zero-order valence-corrected chi connectivity index (χ0v) is 28.3. The molecule has 0 amide bonds. The zero-order valence-electron chi connectivity index (χ0n) is 26.6. The van der Waals surface area contributed by atoms with Crippen molar-refractivity contribution in [2.45, 2.75) is 44.1 Å². The van der Waals surface area contributed by atoms with Crippen molar-refractivity contribution in [2.24, 2.45) is 0 Å². The molecule has 47 heavy (non-hydrogen) atoms. The van der Waals surface area contributed by atoms with Crippen molar-refractivity contribution in [1.29, 1.82) is 0 Å². The van der Waals surface area contributed by atoms with E-state index < -0.39 is 36.0 Å². The van der Waals surface area contributed by atoms with E-state index >= 15 is 0 Å². The SMILES string of the molecule is C#CCCCCN(C)P(=O)(Cl)OCC1CN(C(c2ccccc2)(c2ccccc2)c2ccccc2)CC(n2cc(C)c(=O)[nH]c2=O)O1. The van der Waals surface area contributed by atoms with Crippen molar-refractivity contribution in [3.63, 3.8) is 0 Å². The predicted molar refractivity (Wildman–Crippen MR) is 185 cm³/mol. The number of hydrogen-bond acceptors (Lipinski definition) is 6. The van der Waals surface area contributed by atoms with E-state index in [2.05, 4.69) is 52.2 Å². The zero-order chi connectivity index (χ0) is 33.4. The van der Waals surface area contributed by atoms with Crippen molar-refractivity contribution < 1.29 is 13.8 Å². The number of aromatic nitrogens is 2. The summed E-state index contributed by atoms with van der Waals surface area (Å²) in [5, 5.41) is 0. The molecule has 3 unspecified atom stereocenters.